The number of aliphatic carboxylic acids is 1. The van der Waals surface area contributed by atoms with Crippen LogP contribution in [0.3, 0.4) is 0 Å². The highest BCUT2D eigenvalue weighted by Crippen LogP contribution is 2.18. The van der Waals surface area contributed by atoms with Crippen LogP contribution in [0.4, 0.5) is 26.3 Å². The summed E-state index contributed by atoms with van der Waals surface area (Å²) in [6.45, 7) is -0.231. The van der Waals surface area contributed by atoms with Crippen molar-refractivity contribution in [2.24, 2.45) is 0 Å². The van der Waals surface area contributed by atoms with E-state index in [1.54, 1.807) is 48.5 Å². The number of carbonyl (C=O) groups is 3. The van der Waals surface area contributed by atoms with Crippen molar-refractivity contribution in [3.63, 3.8) is 0 Å². The van der Waals surface area contributed by atoms with Crippen molar-refractivity contribution in [1.82, 2.24) is 10.6 Å². The van der Waals surface area contributed by atoms with Gasteiger partial charge in [0.15, 0.2) is 23.3 Å². The van der Waals surface area contributed by atoms with E-state index in [1.807, 2.05) is 0 Å². The maximum atomic E-state index is 13.7. The molecule has 0 saturated heterocycles. The van der Waals surface area contributed by atoms with E-state index in [2.05, 4.69) is 10.6 Å². The topological polar surface area (TPSA) is 116 Å². The summed E-state index contributed by atoms with van der Waals surface area (Å²) in [4.78, 5) is 35.2. The van der Waals surface area contributed by atoms with E-state index in [4.69, 9.17) is 10.2 Å². The third-order valence-corrected chi connectivity index (χ3v) is 6.75. The molecule has 2 atom stereocenters. The summed E-state index contributed by atoms with van der Waals surface area (Å²) in [6, 6.07) is 17.1. The van der Waals surface area contributed by atoms with Crippen molar-refractivity contribution < 1.29 is 50.9 Å². The first-order valence-corrected chi connectivity index (χ1v) is 14.2. The second-order valence-corrected chi connectivity index (χ2v) is 10.3. The van der Waals surface area contributed by atoms with Crippen molar-refractivity contribution in [1.29, 1.82) is 0 Å². The van der Waals surface area contributed by atoms with Gasteiger partial charge in [0.25, 0.3) is 11.8 Å². The molecule has 13 heteroatoms. The number of carbonyl (C=O) groups excluding carboxylic acids is 2. The van der Waals surface area contributed by atoms with Gasteiger partial charge in [0.2, 0.25) is 0 Å². The number of benzene rings is 4. The number of nitrogens with one attached hydrogen (secondary N) is 2. The summed E-state index contributed by atoms with van der Waals surface area (Å²) in [6.07, 6.45) is -0.663. The van der Waals surface area contributed by atoms with Crippen LogP contribution >= 0.6 is 0 Å². The summed E-state index contributed by atoms with van der Waals surface area (Å²) in [5, 5.41) is 23.2. The molecule has 4 aromatic carbocycles. The number of hydrogen-bond donors (Lipinski definition) is 4. The summed E-state index contributed by atoms with van der Waals surface area (Å²) in [5.74, 6) is -9.02. The zero-order chi connectivity index (χ0) is 34.5. The minimum Gasteiger partial charge on any atom is -0.481 e. The Morgan fingerprint density at radius 3 is 1.36 bits per heavy atom. The molecule has 0 aliphatic rings. The Bertz CT molecular complexity index is 1680. The van der Waals surface area contributed by atoms with Crippen LogP contribution in [-0.2, 0) is 17.6 Å². The number of hydrogen-bond acceptors (Lipinski definition) is 4. The van der Waals surface area contributed by atoms with E-state index in [-0.39, 0.29) is 42.9 Å². The van der Waals surface area contributed by atoms with E-state index in [0.29, 0.717) is 29.3 Å². The minimum atomic E-state index is -1.33. The predicted octanol–water partition coefficient (Wildman–Crippen LogP) is 5.75. The van der Waals surface area contributed by atoms with Gasteiger partial charge < -0.3 is 20.8 Å². The molecule has 0 unspecified atom stereocenters. The molecule has 47 heavy (non-hydrogen) atoms. The van der Waals surface area contributed by atoms with Gasteiger partial charge >= 0.3 is 5.97 Å². The van der Waals surface area contributed by atoms with Crippen LogP contribution in [0.1, 0.15) is 44.7 Å². The Kier molecular flexibility index (Phi) is 13.5. The number of aliphatic hydroxyl groups is 1. The molecular formula is C34H30F6N2O5. The first kappa shape index (κ1) is 36.3. The molecule has 4 rings (SSSR count). The second-order valence-electron chi connectivity index (χ2n) is 10.3. The minimum absolute atomic E-state index is 0.0534. The van der Waals surface area contributed by atoms with Crippen LogP contribution in [-0.4, -0.2) is 46.7 Å². The van der Waals surface area contributed by atoms with Gasteiger partial charge in [0.1, 0.15) is 11.6 Å². The zero-order valence-electron chi connectivity index (χ0n) is 24.7. The average molecular weight is 661 g/mol. The Balaban J connectivity index is 0.000000256. The fraction of sp³-hybridized carbons (Fsp3) is 0.206. The average Bonchev–Trinajstić information content (AvgIpc) is 3.03. The van der Waals surface area contributed by atoms with Crippen LogP contribution in [0, 0.1) is 34.9 Å². The molecule has 4 aromatic rings. The van der Waals surface area contributed by atoms with Crippen molar-refractivity contribution in [3.05, 3.63) is 142 Å². The Hall–Kier alpha value is -5.17. The molecule has 0 aliphatic heterocycles. The molecule has 0 spiro atoms. The lowest BCUT2D eigenvalue weighted by Gasteiger charge is -2.18. The van der Waals surface area contributed by atoms with Gasteiger partial charge in [0, 0.05) is 42.0 Å². The molecule has 0 radical (unpaired) electrons. The first-order chi connectivity index (χ1) is 22.4. The summed E-state index contributed by atoms with van der Waals surface area (Å²) >= 11 is 0. The number of rotatable bonds is 12. The predicted molar refractivity (Wildman–Crippen MR) is 159 cm³/mol. The zero-order valence-corrected chi connectivity index (χ0v) is 24.7. The summed E-state index contributed by atoms with van der Waals surface area (Å²) in [7, 11) is 0. The van der Waals surface area contributed by atoms with E-state index in [9.17, 15) is 40.7 Å². The quantitative estimate of drug-likeness (QED) is 0.114. The standard InChI is InChI=1S/C17H14F3NO3.C17H16F3NO2/c18-13-9-15(20)14(19)7-11(13)6-12(8-16(22)23)21-17(24)10-4-2-1-3-5-10;18-14-10-16(20)15(19)9-12(14)8-13(6-7-22)21-17(23)11-4-2-1-3-5-11/h1-5,7,9,12H,6,8H2,(H,21,24)(H,22,23);1-5,9-10,13,22H,6-8H2,(H,21,23)/t12-;13-/m10/s1. The number of carboxylic acid groups (broad SMARTS) is 1. The Labute approximate surface area is 265 Å². The monoisotopic (exact) mass is 660 g/mol. The maximum Gasteiger partial charge on any atom is 0.305 e. The van der Waals surface area contributed by atoms with Gasteiger partial charge in [-0.2, -0.15) is 0 Å². The molecule has 4 N–H and O–H groups in total. The van der Waals surface area contributed by atoms with E-state index in [0.717, 1.165) is 6.07 Å². The number of aliphatic hydroxyl groups excluding tert-OH is 1. The number of carboxylic acids is 1. The van der Waals surface area contributed by atoms with Gasteiger partial charge in [0.05, 0.1) is 6.42 Å². The SMILES string of the molecule is O=C(N[C@@H](CCO)Cc1cc(F)c(F)cc1F)c1ccccc1.O=C(O)C[C@@H](Cc1cc(F)c(F)cc1F)NC(=O)c1ccccc1. The molecular weight excluding hydrogens is 630 g/mol. The van der Waals surface area contributed by atoms with Crippen molar-refractivity contribution in [2.75, 3.05) is 6.61 Å². The number of halogens is 6. The van der Waals surface area contributed by atoms with Crippen LogP contribution in [0.2, 0.25) is 0 Å². The lowest BCUT2D eigenvalue weighted by Crippen LogP contribution is -2.38. The molecule has 0 aromatic heterocycles. The van der Waals surface area contributed by atoms with Crippen molar-refractivity contribution in [2.45, 2.75) is 37.8 Å². The summed E-state index contributed by atoms with van der Waals surface area (Å²) < 4.78 is 79.8. The van der Waals surface area contributed by atoms with Gasteiger partial charge in [-0.05, 0) is 66.8 Å². The molecule has 0 saturated carbocycles. The van der Waals surface area contributed by atoms with Crippen molar-refractivity contribution in [3.8, 4) is 0 Å². The first-order valence-electron chi connectivity index (χ1n) is 14.2. The lowest BCUT2D eigenvalue weighted by atomic mass is 10.0. The molecule has 7 nitrogen and oxygen atoms in total. The van der Waals surface area contributed by atoms with E-state index < -0.39 is 65.3 Å². The van der Waals surface area contributed by atoms with Gasteiger partial charge in [-0.25, -0.2) is 26.3 Å². The van der Waals surface area contributed by atoms with Gasteiger partial charge in [-0.15, -0.1) is 0 Å². The smallest absolute Gasteiger partial charge is 0.305 e. The highest BCUT2D eigenvalue weighted by molar-refractivity contribution is 5.95. The molecule has 0 fully saturated rings. The molecule has 0 bridgehead atoms. The lowest BCUT2D eigenvalue weighted by molar-refractivity contribution is -0.137. The number of amides is 2. The highest BCUT2D eigenvalue weighted by Gasteiger charge is 2.21. The van der Waals surface area contributed by atoms with E-state index >= 15 is 0 Å². The van der Waals surface area contributed by atoms with Crippen molar-refractivity contribution >= 4 is 17.8 Å². The van der Waals surface area contributed by atoms with Gasteiger partial charge in [-0.1, -0.05) is 36.4 Å². The normalized spacial score (nSPS) is 11.9. The molecule has 0 heterocycles. The maximum absolute atomic E-state index is 13.7. The fourth-order valence-corrected chi connectivity index (χ4v) is 4.45. The van der Waals surface area contributed by atoms with Crippen LogP contribution in [0.15, 0.2) is 84.9 Å². The largest absolute Gasteiger partial charge is 0.481 e. The molecule has 2 amide bonds. The Morgan fingerprint density at radius 1 is 0.574 bits per heavy atom. The van der Waals surface area contributed by atoms with Crippen LogP contribution < -0.4 is 10.6 Å². The second kappa shape index (κ2) is 17.5. The summed E-state index contributed by atoms with van der Waals surface area (Å²) in [5.41, 5.74) is 0.448. The van der Waals surface area contributed by atoms with Crippen LogP contribution in [0.5, 0.6) is 0 Å². The molecule has 0 aliphatic carbocycles. The van der Waals surface area contributed by atoms with Gasteiger partial charge in [-0.3, -0.25) is 14.4 Å². The highest BCUT2D eigenvalue weighted by atomic mass is 19.2. The van der Waals surface area contributed by atoms with E-state index in [1.165, 1.54) is 12.1 Å². The third kappa shape index (κ3) is 11.3. The third-order valence-electron chi connectivity index (χ3n) is 6.75. The fourth-order valence-electron chi connectivity index (χ4n) is 4.45. The molecule has 248 valence electrons. The van der Waals surface area contributed by atoms with Crippen LogP contribution in [0.25, 0.3) is 0 Å². The Morgan fingerprint density at radius 2 is 0.957 bits per heavy atom.